The molecule has 160 valence electrons. The Morgan fingerprint density at radius 1 is 1.16 bits per heavy atom. The fourth-order valence-corrected chi connectivity index (χ4v) is 4.56. The van der Waals surface area contributed by atoms with Crippen LogP contribution in [0.4, 0.5) is 5.13 Å². The van der Waals surface area contributed by atoms with E-state index in [1.54, 1.807) is 16.8 Å². The van der Waals surface area contributed by atoms with Gasteiger partial charge in [0.25, 0.3) is 0 Å². The van der Waals surface area contributed by atoms with Gasteiger partial charge in [-0.25, -0.2) is 0 Å². The van der Waals surface area contributed by atoms with E-state index in [1.165, 1.54) is 22.5 Å². The van der Waals surface area contributed by atoms with E-state index in [9.17, 15) is 9.59 Å². The van der Waals surface area contributed by atoms with Crippen LogP contribution >= 0.6 is 11.3 Å². The number of carbonyl (C=O) groups is 2. The summed E-state index contributed by atoms with van der Waals surface area (Å²) in [7, 11) is 1.78. The van der Waals surface area contributed by atoms with E-state index in [0.717, 1.165) is 11.1 Å². The number of nitrogens with two attached hydrogens (primary N) is 1. The number of nitrogen functional groups attached to an aromatic ring is 1. The average Bonchev–Trinajstić information content (AvgIpc) is 3.16. The summed E-state index contributed by atoms with van der Waals surface area (Å²) < 4.78 is 0. The third-order valence-electron chi connectivity index (χ3n) is 5.63. The molecule has 1 aromatic heterocycles. The number of carbonyl (C=O) groups excluding carboxylic acids is 2. The van der Waals surface area contributed by atoms with Crippen LogP contribution in [-0.2, 0) is 22.4 Å². The second-order valence-electron chi connectivity index (χ2n) is 7.79. The molecule has 1 fully saturated rings. The summed E-state index contributed by atoms with van der Waals surface area (Å²) >= 11 is 1.20. The molecule has 4 rings (SSSR count). The first-order valence-electron chi connectivity index (χ1n) is 10.2. The molecule has 8 heteroatoms. The number of aryl methyl sites for hydroxylation is 1. The van der Waals surface area contributed by atoms with Crippen molar-refractivity contribution in [3.05, 3.63) is 64.7 Å². The lowest BCUT2D eigenvalue weighted by atomic mass is 9.95. The highest BCUT2D eigenvalue weighted by Crippen LogP contribution is 2.26. The summed E-state index contributed by atoms with van der Waals surface area (Å²) in [6.07, 6.45) is 0.568. The van der Waals surface area contributed by atoms with Crippen molar-refractivity contribution in [1.82, 2.24) is 20.0 Å². The third kappa shape index (κ3) is 4.59. The zero-order chi connectivity index (χ0) is 22.0. The predicted molar refractivity (Wildman–Crippen MR) is 121 cm³/mol. The summed E-state index contributed by atoms with van der Waals surface area (Å²) in [5, 5.41) is 8.62. The van der Waals surface area contributed by atoms with Crippen LogP contribution in [-0.4, -0.2) is 58.0 Å². The molecule has 0 saturated carbocycles. The van der Waals surface area contributed by atoms with Gasteiger partial charge in [-0.2, -0.15) is 0 Å². The number of amides is 2. The molecule has 0 radical (unpaired) electrons. The minimum Gasteiger partial charge on any atom is -0.374 e. The van der Waals surface area contributed by atoms with Crippen LogP contribution < -0.4 is 5.73 Å². The molecular formula is C23H25N5O2S. The maximum absolute atomic E-state index is 13.0. The highest BCUT2D eigenvalue weighted by atomic mass is 32.1. The van der Waals surface area contributed by atoms with Crippen molar-refractivity contribution in [2.75, 3.05) is 25.9 Å². The van der Waals surface area contributed by atoms with Gasteiger partial charge in [-0.3, -0.25) is 9.59 Å². The molecule has 3 aromatic rings. The Bertz CT molecular complexity index is 1110. The first-order valence-corrected chi connectivity index (χ1v) is 11.0. The molecule has 1 unspecified atom stereocenters. The van der Waals surface area contributed by atoms with Crippen molar-refractivity contribution in [3.63, 3.8) is 0 Å². The number of hydrogen-bond donors (Lipinski definition) is 1. The Balaban J connectivity index is 1.58. The Hall–Kier alpha value is -3.26. The van der Waals surface area contributed by atoms with Gasteiger partial charge >= 0.3 is 0 Å². The van der Waals surface area contributed by atoms with Crippen LogP contribution in [0.2, 0.25) is 0 Å². The number of aromatic nitrogens is 2. The first kappa shape index (κ1) is 21.0. The molecule has 1 atom stereocenters. The lowest BCUT2D eigenvalue weighted by Gasteiger charge is -2.39. The molecule has 2 N–H and O–H groups in total. The zero-order valence-electron chi connectivity index (χ0n) is 17.6. The van der Waals surface area contributed by atoms with Gasteiger partial charge in [-0.1, -0.05) is 59.9 Å². The molecule has 1 aliphatic heterocycles. The predicted octanol–water partition coefficient (Wildman–Crippen LogP) is 2.55. The number of piperazine rings is 1. The van der Waals surface area contributed by atoms with Gasteiger partial charge in [-0.15, -0.1) is 10.2 Å². The maximum atomic E-state index is 13.0. The topological polar surface area (TPSA) is 92.4 Å². The number of likely N-dealkylation sites (N-methyl/N-ethyl adjacent to an activating group) is 1. The molecular weight excluding hydrogens is 410 g/mol. The van der Waals surface area contributed by atoms with Crippen LogP contribution in [0, 0.1) is 6.92 Å². The van der Waals surface area contributed by atoms with Gasteiger partial charge in [0.05, 0.1) is 6.42 Å². The van der Waals surface area contributed by atoms with Gasteiger partial charge in [0.2, 0.25) is 16.9 Å². The van der Waals surface area contributed by atoms with Crippen LogP contribution in [0.25, 0.3) is 11.1 Å². The van der Waals surface area contributed by atoms with Crippen molar-refractivity contribution in [2.24, 2.45) is 0 Å². The van der Waals surface area contributed by atoms with E-state index in [0.29, 0.717) is 29.6 Å². The lowest BCUT2D eigenvalue weighted by molar-refractivity contribution is -0.149. The molecule has 2 heterocycles. The number of benzene rings is 2. The number of rotatable bonds is 5. The highest BCUT2D eigenvalue weighted by Gasteiger charge is 2.36. The molecule has 0 spiro atoms. The SMILES string of the molecule is Cc1ccccc1-c1cccc(CC2C(=O)N(C)CCN2C(=O)Cc2nnc(N)s2)c1. The van der Waals surface area contributed by atoms with Crippen molar-refractivity contribution in [3.8, 4) is 11.1 Å². The summed E-state index contributed by atoms with van der Waals surface area (Å²) in [5.74, 6) is -0.171. The fourth-order valence-electron chi connectivity index (χ4n) is 3.96. The zero-order valence-corrected chi connectivity index (χ0v) is 18.4. The molecule has 2 amide bonds. The van der Waals surface area contributed by atoms with Crippen molar-refractivity contribution in [1.29, 1.82) is 0 Å². The first-order chi connectivity index (χ1) is 14.9. The number of anilines is 1. The van der Waals surface area contributed by atoms with E-state index >= 15 is 0 Å². The van der Waals surface area contributed by atoms with E-state index in [4.69, 9.17) is 5.73 Å². The van der Waals surface area contributed by atoms with Crippen LogP contribution in [0.1, 0.15) is 16.1 Å². The number of nitrogens with zero attached hydrogens (tertiary/aromatic N) is 4. The second-order valence-corrected chi connectivity index (χ2v) is 8.89. The summed E-state index contributed by atoms with van der Waals surface area (Å²) in [6.45, 7) is 3.10. The monoisotopic (exact) mass is 435 g/mol. The van der Waals surface area contributed by atoms with E-state index < -0.39 is 6.04 Å². The Morgan fingerprint density at radius 2 is 1.97 bits per heavy atom. The molecule has 2 aromatic carbocycles. The molecule has 1 aliphatic rings. The molecule has 7 nitrogen and oxygen atoms in total. The average molecular weight is 436 g/mol. The summed E-state index contributed by atoms with van der Waals surface area (Å²) in [6, 6.07) is 15.9. The van der Waals surface area contributed by atoms with Crippen molar-refractivity contribution < 1.29 is 9.59 Å². The second kappa shape index (κ2) is 8.85. The maximum Gasteiger partial charge on any atom is 0.245 e. The largest absolute Gasteiger partial charge is 0.374 e. The quantitative estimate of drug-likeness (QED) is 0.665. The van der Waals surface area contributed by atoms with E-state index in [2.05, 4.69) is 41.4 Å². The van der Waals surface area contributed by atoms with Gasteiger partial charge < -0.3 is 15.5 Å². The van der Waals surface area contributed by atoms with Crippen LogP contribution in [0.5, 0.6) is 0 Å². The molecule has 0 aliphatic carbocycles. The number of hydrogen-bond acceptors (Lipinski definition) is 6. The Labute approximate surface area is 185 Å². The molecule has 1 saturated heterocycles. The van der Waals surface area contributed by atoms with Gasteiger partial charge in [0.1, 0.15) is 11.0 Å². The minimum absolute atomic E-state index is 0.0438. The highest BCUT2D eigenvalue weighted by molar-refractivity contribution is 7.15. The van der Waals surface area contributed by atoms with Crippen LogP contribution in [0.15, 0.2) is 48.5 Å². The molecule has 31 heavy (non-hydrogen) atoms. The van der Waals surface area contributed by atoms with Crippen molar-refractivity contribution >= 4 is 28.3 Å². The van der Waals surface area contributed by atoms with Gasteiger partial charge in [-0.05, 0) is 29.2 Å². The summed E-state index contributed by atoms with van der Waals surface area (Å²) in [5.41, 5.74) is 10.1. The Morgan fingerprint density at radius 3 is 2.71 bits per heavy atom. The Kier molecular flexibility index (Phi) is 5.99. The lowest BCUT2D eigenvalue weighted by Crippen LogP contribution is -2.58. The van der Waals surface area contributed by atoms with E-state index in [-0.39, 0.29) is 18.2 Å². The standard InChI is InChI=1S/C23H25N5O2S/c1-15-6-3-4-9-18(15)17-8-5-7-16(12-17)13-19-22(30)27(2)10-11-28(19)21(29)14-20-25-26-23(24)31-20/h3-9,12,19H,10-11,13-14H2,1-2H3,(H2,24,26). The third-order valence-corrected chi connectivity index (χ3v) is 6.38. The van der Waals surface area contributed by atoms with Crippen LogP contribution in [0.3, 0.4) is 0 Å². The van der Waals surface area contributed by atoms with E-state index in [1.807, 2.05) is 24.3 Å². The normalized spacial score (nSPS) is 16.6. The molecule has 0 bridgehead atoms. The van der Waals surface area contributed by atoms with Gasteiger partial charge in [0, 0.05) is 26.6 Å². The minimum atomic E-state index is -0.538. The smallest absolute Gasteiger partial charge is 0.245 e. The van der Waals surface area contributed by atoms with Crippen molar-refractivity contribution in [2.45, 2.75) is 25.8 Å². The fraction of sp³-hybridized carbons (Fsp3) is 0.304. The van der Waals surface area contributed by atoms with Gasteiger partial charge in [0.15, 0.2) is 0 Å². The summed E-state index contributed by atoms with van der Waals surface area (Å²) in [4.78, 5) is 29.4.